The summed E-state index contributed by atoms with van der Waals surface area (Å²) in [6, 6.07) is 5.87. The van der Waals surface area contributed by atoms with Gasteiger partial charge in [-0.3, -0.25) is 9.36 Å². The van der Waals surface area contributed by atoms with E-state index >= 15 is 0 Å². The van der Waals surface area contributed by atoms with E-state index in [1.165, 1.54) is 11.8 Å². The number of rotatable bonds is 4. The van der Waals surface area contributed by atoms with Gasteiger partial charge in [0.25, 0.3) is 5.56 Å². The van der Waals surface area contributed by atoms with Gasteiger partial charge in [0.1, 0.15) is 5.75 Å². The number of aromatic nitrogens is 2. The lowest BCUT2D eigenvalue weighted by molar-refractivity contribution is 0.133. The number of hydrogen-bond acceptors (Lipinski definition) is 6. The Morgan fingerprint density at radius 2 is 2.00 bits per heavy atom. The second kappa shape index (κ2) is 7.79. The van der Waals surface area contributed by atoms with Crippen molar-refractivity contribution in [1.82, 2.24) is 9.55 Å². The highest BCUT2D eigenvalue weighted by Gasteiger charge is 2.38. The number of piperidine rings is 1. The van der Waals surface area contributed by atoms with E-state index < -0.39 is 0 Å². The standard InChI is InChI=1S/C21H27N3O3S/c1-15-16(26-3)5-4-6-17(15)28-18-13-22-20(23(2)19(18)25)24-10-7-21(8-11-24)9-12-27-14-21/h4-6,13H,7-12,14H2,1-3H3. The van der Waals surface area contributed by atoms with Crippen molar-refractivity contribution in [3.05, 3.63) is 40.3 Å². The molecule has 3 heterocycles. The third-order valence-corrected chi connectivity index (χ3v) is 7.24. The maximum absolute atomic E-state index is 13.0. The first-order valence-corrected chi connectivity index (χ1v) is 10.5. The van der Waals surface area contributed by atoms with E-state index in [2.05, 4.69) is 9.88 Å². The number of benzene rings is 1. The van der Waals surface area contributed by atoms with Crippen LogP contribution < -0.4 is 15.2 Å². The van der Waals surface area contributed by atoms with Crippen molar-refractivity contribution in [3.63, 3.8) is 0 Å². The highest BCUT2D eigenvalue weighted by molar-refractivity contribution is 7.99. The quantitative estimate of drug-likeness (QED) is 0.784. The number of anilines is 1. The molecular formula is C21H27N3O3S. The molecule has 0 radical (unpaired) electrons. The second-order valence-corrected chi connectivity index (χ2v) is 8.85. The summed E-state index contributed by atoms with van der Waals surface area (Å²) in [6.45, 7) is 5.61. The zero-order valence-corrected chi connectivity index (χ0v) is 17.6. The molecule has 0 bridgehead atoms. The van der Waals surface area contributed by atoms with Crippen LogP contribution in [0.2, 0.25) is 0 Å². The molecule has 1 aromatic heterocycles. The third-order valence-electron chi connectivity index (χ3n) is 6.08. The molecule has 0 amide bonds. The largest absolute Gasteiger partial charge is 0.496 e. The first-order chi connectivity index (χ1) is 13.5. The van der Waals surface area contributed by atoms with Crippen molar-refractivity contribution >= 4 is 17.7 Å². The van der Waals surface area contributed by atoms with Gasteiger partial charge in [-0.1, -0.05) is 17.8 Å². The maximum Gasteiger partial charge on any atom is 0.268 e. The molecule has 6 nitrogen and oxygen atoms in total. The van der Waals surface area contributed by atoms with Gasteiger partial charge in [-0.25, -0.2) is 4.98 Å². The van der Waals surface area contributed by atoms with Crippen molar-refractivity contribution in [2.45, 2.75) is 36.0 Å². The van der Waals surface area contributed by atoms with Gasteiger partial charge in [0.15, 0.2) is 0 Å². The molecule has 28 heavy (non-hydrogen) atoms. The van der Waals surface area contributed by atoms with Gasteiger partial charge in [0.2, 0.25) is 5.95 Å². The number of nitrogens with zero attached hydrogens (tertiary/aromatic N) is 3. The van der Waals surface area contributed by atoms with Crippen LogP contribution in [0.15, 0.2) is 39.0 Å². The Bertz CT molecular complexity index is 912. The minimum absolute atomic E-state index is 0.0123. The van der Waals surface area contributed by atoms with Crippen LogP contribution in [0, 0.1) is 12.3 Å². The van der Waals surface area contributed by atoms with Crippen molar-refractivity contribution in [1.29, 1.82) is 0 Å². The number of ether oxygens (including phenoxy) is 2. The third kappa shape index (κ3) is 3.53. The smallest absolute Gasteiger partial charge is 0.268 e. The Morgan fingerprint density at radius 1 is 1.21 bits per heavy atom. The fourth-order valence-corrected chi connectivity index (χ4v) is 5.11. The van der Waals surface area contributed by atoms with E-state index in [4.69, 9.17) is 9.47 Å². The molecule has 1 spiro atoms. The van der Waals surface area contributed by atoms with E-state index in [9.17, 15) is 4.79 Å². The van der Waals surface area contributed by atoms with Gasteiger partial charge >= 0.3 is 0 Å². The van der Waals surface area contributed by atoms with E-state index in [-0.39, 0.29) is 5.56 Å². The normalized spacial score (nSPS) is 18.6. The molecule has 2 aliphatic rings. The number of methoxy groups -OCH3 is 1. The van der Waals surface area contributed by atoms with Crippen LogP contribution in [0.25, 0.3) is 0 Å². The minimum atomic E-state index is -0.0123. The molecule has 0 saturated carbocycles. The zero-order chi connectivity index (χ0) is 19.7. The highest BCUT2D eigenvalue weighted by atomic mass is 32.2. The molecule has 2 saturated heterocycles. The summed E-state index contributed by atoms with van der Waals surface area (Å²) in [6.07, 6.45) is 5.07. The molecule has 0 unspecified atom stereocenters. The summed E-state index contributed by atoms with van der Waals surface area (Å²) in [5.41, 5.74) is 1.36. The molecule has 2 aliphatic heterocycles. The minimum Gasteiger partial charge on any atom is -0.496 e. The highest BCUT2D eigenvalue weighted by Crippen LogP contribution is 2.40. The predicted molar refractivity (Wildman–Crippen MR) is 111 cm³/mol. The van der Waals surface area contributed by atoms with E-state index in [0.717, 1.165) is 67.7 Å². The first-order valence-electron chi connectivity index (χ1n) is 9.73. The van der Waals surface area contributed by atoms with Crippen LogP contribution in [-0.2, 0) is 11.8 Å². The summed E-state index contributed by atoms with van der Waals surface area (Å²) in [7, 11) is 3.48. The van der Waals surface area contributed by atoms with Crippen LogP contribution in [0.5, 0.6) is 5.75 Å². The van der Waals surface area contributed by atoms with Crippen LogP contribution >= 0.6 is 11.8 Å². The molecule has 1 aromatic carbocycles. The van der Waals surface area contributed by atoms with Crippen molar-refractivity contribution < 1.29 is 9.47 Å². The lowest BCUT2D eigenvalue weighted by atomic mass is 9.78. The molecule has 7 heteroatoms. The molecule has 0 aliphatic carbocycles. The first kappa shape index (κ1) is 19.3. The summed E-state index contributed by atoms with van der Waals surface area (Å²) < 4.78 is 12.7. The predicted octanol–water partition coefficient (Wildman–Crippen LogP) is 3.26. The van der Waals surface area contributed by atoms with Gasteiger partial charge in [-0.05, 0) is 43.7 Å². The molecular weight excluding hydrogens is 374 g/mol. The Labute approximate surface area is 169 Å². The summed E-state index contributed by atoms with van der Waals surface area (Å²) >= 11 is 1.44. The molecule has 150 valence electrons. The Balaban J connectivity index is 1.54. The van der Waals surface area contributed by atoms with E-state index in [1.807, 2.05) is 32.2 Å². The zero-order valence-electron chi connectivity index (χ0n) is 16.7. The monoisotopic (exact) mass is 401 g/mol. The second-order valence-electron chi connectivity index (χ2n) is 7.76. The molecule has 4 rings (SSSR count). The molecule has 0 N–H and O–H groups in total. The molecule has 2 fully saturated rings. The fraction of sp³-hybridized carbons (Fsp3) is 0.524. The lowest BCUT2D eigenvalue weighted by Crippen LogP contribution is -2.43. The van der Waals surface area contributed by atoms with Crippen LogP contribution in [0.4, 0.5) is 5.95 Å². The van der Waals surface area contributed by atoms with Crippen molar-refractivity contribution in [2.75, 3.05) is 38.3 Å². The Morgan fingerprint density at radius 3 is 2.68 bits per heavy atom. The van der Waals surface area contributed by atoms with E-state index in [0.29, 0.717) is 10.3 Å². The lowest BCUT2D eigenvalue weighted by Gasteiger charge is -2.39. The van der Waals surface area contributed by atoms with Crippen LogP contribution in [-0.4, -0.2) is 43.0 Å². The van der Waals surface area contributed by atoms with E-state index in [1.54, 1.807) is 17.9 Å². The summed E-state index contributed by atoms with van der Waals surface area (Å²) in [5.74, 6) is 1.58. The van der Waals surface area contributed by atoms with Gasteiger partial charge in [0, 0.05) is 37.2 Å². The SMILES string of the molecule is COc1cccc(Sc2cnc(N3CCC4(CCOC4)CC3)n(C)c2=O)c1C. The average molecular weight is 402 g/mol. The Hall–Kier alpha value is -1.99. The van der Waals surface area contributed by atoms with Crippen molar-refractivity contribution in [3.8, 4) is 5.75 Å². The topological polar surface area (TPSA) is 56.6 Å². The van der Waals surface area contributed by atoms with Crippen LogP contribution in [0.3, 0.4) is 0 Å². The summed E-state index contributed by atoms with van der Waals surface area (Å²) in [4.78, 5) is 21.5. The van der Waals surface area contributed by atoms with Gasteiger partial charge < -0.3 is 14.4 Å². The van der Waals surface area contributed by atoms with Crippen molar-refractivity contribution in [2.24, 2.45) is 12.5 Å². The average Bonchev–Trinajstić information content (AvgIpc) is 3.16. The molecule has 0 atom stereocenters. The van der Waals surface area contributed by atoms with Gasteiger partial charge in [0.05, 0.1) is 24.8 Å². The summed E-state index contributed by atoms with van der Waals surface area (Å²) in [5, 5.41) is 0. The fourth-order valence-electron chi connectivity index (χ4n) is 4.15. The Kier molecular flexibility index (Phi) is 5.38. The van der Waals surface area contributed by atoms with Gasteiger partial charge in [-0.15, -0.1) is 0 Å². The number of hydrogen-bond donors (Lipinski definition) is 0. The maximum atomic E-state index is 13.0. The molecule has 2 aromatic rings. The van der Waals surface area contributed by atoms with Gasteiger partial charge in [-0.2, -0.15) is 0 Å². The van der Waals surface area contributed by atoms with Crippen LogP contribution in [0.1, 0.15) is 24.8 Å².